The van der Waals surface area contributed by atoms with Gasteiger partial charge in [-0.1, -0.05) is 12.8 Å². The van der Waals surface area contributed by atoms with Crippen LogP contribution in [-0.4, -0.2) is 40.8 Å². The summed E-state index contributed by atoms with van der Waals surface area (Å²) in [4.78, 5) is 32.3. The molecule has 0 radical (unpaired) electrons. The van der Waals surface area contributed by atoms with Crippen molar-refractivity contribution in [1.29, 1.82) is 5.26 Å². The molecule has 176 valence electrons. The van der Waals surface area contributed by atoms with Crippen LogP contribution >= 0.6 is 0 Å². The maximum absolute atomic E-state index is 13.0. The van der Waals surface area contributed by atoms with Crippen molar-refractivity contribution in [1.82, 2.24) is 9.97 Å². The lowest BCUT2D eigenvalue weighted by atomic mass is 10.0. The summed E-state index contributed by atoms with van der Waals surface area (Å²) in [5, 5.41) is 15.6. The predicted octanol–water partition coefficient (Wildman–Crippen LogP) is 3.82. The van der Waals surface area contributed by atoms with E-state index < -0.39 is 17.7 Å². The number of anilines is 2. The number of aromatic nitrogens is 2. The average molecular weight is 455 g/mol. The zero-order chi connectivity index (χ0) is 24.2. The first kappa shape index (κ1) is 24.1. The van der Waals surface area contributed by atoms with E-state index in [0.717, 1.165) is 12.8 Å². The number of nitrogens with two attached hydrogens (primary N) is 1. The predicted molar refractivity (Wildman–Crippen MR) is 123 cm³/mol. The van der Waals surface area contributed by atoms with Gasteiger partial charge in [-0.3, -0.25) is 5.32 Å². The molecule has 1 aromatic carbocycles. The molecule has 0 unspecified atom stereocenters. The van der Waals surface area contributed by atoms with Crippen LogP contribution in [-0.2, 0) is 14.3 Å². The lowest BCUT2D eigenvalue weighted by Gasteiger charge is -2.26. The minimum absolute atomic E-state index is 0.199. The number of carbonyl (C=O) groups excluding carboxylic acids is 2. The second kappa shape index (κ2) is 9.92. The van der Waals surface area contributed by atoms with Crippen LogP contribution in [0, 0.1) is 11.3 Å². The zero-order valence-corrected chi connectivity index (χ0v) is 19.3. The lowest BCUT2D eigenvalue weighted by molar-refractivity contribution is -0.156. The van der Waals surface area contributed by atoms with Gasteiger partial charge in [0, 0.05) is 16.9 Å². The van der Waals surface area contributed by atoms with E-state index in [4.69, 9.17) is 10.5 Å². The van der Waals surface area contributed by atoms with E-state index >= 15 is 0 Å². The summed E-state index contributed by atoms with van der Waals surface area (Å²) in [6.45, 7) is 5.45. The third-order valence-corrected chi connectivity index (χ3v) is 5.18. The number of ether oxygens (including phenoxy) is 2. The van der Waals surface area contributed by atoms with Crippen LogP contribution in [0.25, 0.3) is 11.3 Å². The number of rotatable bonds is 2. The molecule has 0 saturated carbocycles. The molecule has 2 heterocycles. The Kier molecular flexibility index (Phi) is 7.23. The lowest BCUT2D eigenvalue weighted by Crippen LogP contribution is -2.36. The largest absolute Gasteiger partial charge is 0.458 e. The molecule has 0 fully saturated rings. The minimum atomic E-state index is -0.645. The van der Waals surface area contributed by atoms with Crippen LogP contribution in [0.4, 0.5) is 16.2 Å². The fourth-order valence-corrected chi connectivity index (χ4v) is 3.63. The number of H-pyrrole nitrogens is 1. The molecule has 0 saturated heterocycles. The molecule has 5 N–H and O–H groups in total. The van der Waals surface area contributed by atoms with Gasteiger partial charge in [0.05, 0.1) is 18.8 Å². The Morgan fingerprint density at radius 1 is 1.27 bits per heavy atom. The number of methoxy groups -OCH3 is 1. The number of amides is 1. The van der Waals surface area contributed by atoms with Gasteiger partial charge in [-0.25, -0.2) is 14.6 Å². The van der Waals surface area contributed by atoms with Gasteiger partial charge in [0.15, 0.2) is 5.69 Å². The number of nitrogens with zero attached hydrogens (tertiary/aromatic N) is 2. The standard InChI is InChI=1S/C23H30N6O4/c1-23(2,3)33-21(30)16-8-6-5-7-15(25)20-28-18(12-24)19(29-20)14-10-9-13(11-17(14)27-16)26-22(31)32-4/h9-11,15-16,27H,5-8,25H2,1-4H3,(H,26,31)(H,28,29)/t15-,16+/m0/s1. The maximum Gasteiger partial charge on any atom is 0.411 e. The van der Waals surface area contributed by atoms with Crippen molar-refractivity contribution in [2.45, 2.75) is 64.1 Å². The highest BCUT2D eigenvalue weighted by Gasteiger charge is 2.28. The van der Waals surface area contributed by atoms with E-state index in [1.807, 2.05) is 20.8 Å². The van der Waals surface area contributed by atoms with Crippen molar-refractivity contribution in [3.63, 3.8) is 0 Å². The molecule has 10 heteroatoms. The van der Waals surface area contributed by atoms with Gasteiger partial charge in [-0.2, -0.15) is 5.26 Å². The Labute approximate surface area is 192 Å². The molecule has 33 heavy (non-hydrogen) atoms. The molecule has 1 aliphatic rings. The second-order valence-corrected chi connectivity index (χ2v) is 8.96. The van der Waals surface area contributed by atoms with Gasteiger partial charge in [0.25, 0.3) is 0 Å². The van der Waals surface area contributed by atoms with Crippen molar-refractivity contribution in [2.75, 3.05) is 17.7 Å². The molecule has 2 bridgehead atoms. The summed E-state index contributed by atoms with van der Waals surface area (Å²) < 4.78 is 10.3. The molecule has 0 aliphatic carbocycles. The third-order valence-electron chi connectivity index (χ3n) is 5.18. The van der Waals surface area contributed by atoms with E-state index in [-0.39, 0.29) is 17.7 Å². The summed E-state index contributed by atoms with van der Waals surface area (Å²) in [5.74, 6) is 0.153. The second-order valence-electron chi connectivity index (χ2n) is 8.96. The number of imidazole rings is 1. The van der Waals surface area contributed by atoms with E-state index in [9.17, 15) is 14.9 Å². The SMILES string of the molecule is COC(=O)Nc1ccc2c(c1)N[C@@H](C(=O)OC(C)(C)C)CCCC[C@H](N)c1nc(C#N)c-2[nH]1. The van der Waals surface area contributed by atoms with Crippen molar-refractivity contribution < 1.29 is 19.1 Å². The summed E-state index contributed by atoms with van der Waals surface area (Å²) in [5.41, 5.74) is 7.94. The number of hydrogen-bond acceptors (Lipinski definition) is 8. The first-order chi connectivity index (χ1) is 15.6. The first-order valence-corrected chi connectivity index (χ1v) is 10.9. The maximum atomic E-state index is 13.0. The normalized spacial score (nSPS) is 18.4. The highest BCUT2D eigenvalue weighted by Crippen LogP contribution is 2.34. The molecule has 1 aromatic heterocycles. The topological polar surface area (TPSA) is 155 Å². The zero-order valence-electron chi connectivity index (χ0n) is 19.3. The number of hydrogen-bond donors (Lipinski definition) is 4. The summed E-state index contributed by atoms with van der Waals surface area (Å²) in [6, 6.07) is 6.19. The van der Waals surface area contributed by atoms with E-state index in [1.54, 1.807) is 18.2 Å². The fraction of sp³-hybridized carbons (Fsp3) is 0.478. The Morgan fingerprint density at radius 3 is 2.67 bits per heavy atom. The first-order valence-electron chi connectivity index (χ1n) is 10.9. The fourth-order valence-electron chi connectivity index (χ4n) is 3.63. The number of aromatic amines is 1. The van der Waals surface area contributed by atoms with Crippen LogP contribution in [0.2, 0.25) is 0 Å². The molecular formula is C23H30N6O4. The molecule has 3 rings (SSSR count). The third kappa shape index (κ3) is 6.02. The highest BCUT2D eigenvalue weighted by atomic mass is 16.6. The van der Waals surface area contributed by atoms with Crippen molar-refractivity contribution in [3.8, 4) is 17.3 Å². The molecule has 10 nitrogen and oxygen atoms in total. The van der Waals surface area contributed by atoms with Crippen LogP contribution < -0.4 is 16.4 Å². The number of carbonyl (C=O) groups is 2. The Morgan fingerprint density at radius 2 is 2.00 bits per heavy atom. The van der Waals surface area contributed by atoms with Gasteiger partial charge in [0.2, 0.25) is 0 Å². The van der Waals surface area contributed by atoms with Crippen LogP contribution in [0.15, 0.2) is 18.2 Å². The number of esters is 1. The van der Waals surface area contributed by atoms with E-state index in [1.165, 1.54) is 7.11 Å². The van der Waals surface area contributed by atoms with Crippen LogP contribution in [0.1, 0.15) is 64.0 Å². The molecular weight excluding hydrogens is 424 g/mol. The van der Waals surface area contributed by atoms with E-state index in [0.29, 0.717) is 41.3 Å². The minimum Gasteiger partial charge on any atom is -0.458 e. The Hall–Kier alpha value is -3.58. The monoisotopic (exact) mass is 454 g/mol. The van der Waals surface area contributed by atoms with Crippen LogP contribution in [0.5, 0.6) is 0 Å². The molecule has 1 amide bonds. The summed E-state index contributed by atoms with van der Waals surface area (Å²) >= 11 is 0. The number of nitrogens with one attached hydrogen (secondary N) is 3. The average Bonchev–Trinajstić information content (AvgIpc) is 3.18. The molecule has 2 aromatic rings. The van der Waals surface area contributed by atoms with Crippen molar-refractivity contribution >= 4 is 23.4 Å². The summed E-state index contributed by atoms with van der Waals surface area (Å²) in [7, 11) is 1.27. The highest BCUT2D eigenvalue weighted by molar-refractivity contribution is 5.90. The quantitative estimate of drug-likeness (QED) is 0.499. The Balaban J connectivity index is 2.11. The van der Waals surface area contributed by atoms with Gasteiger partial charge < -0.3 is 25.5 Å². The smallest absolute Gasteiger partial charge is 0.411 e. The number of fused-ring (bicyclic) bond motifs is 4. The number of benzene rings is 1. The summed E-state index contributed by atoms with van der Waals surface area (Å²) in [6.07, 6.45) is 2.07. The van der Waals surface area contributed by atoms with Gasteiger partial charge in [-0.15, -0.1) is 0 Å². The van der Waals surface area contributed by atoms with Crippen molar-refractivity contribution in [3.05, 3.63) is 29.7 Å². The van der Waals surface area contributed by atoms with Gasteiger partial charge >= 0.3 is 12.1 Å². The van der Waals surface area contributed by atoms with Gasteiger partial charge in [-0.05, 0) is 51.8 Å². The van der Waals surface area contributed by atoms with Crippen LogP contribution in [0.3, 0.4) is 0 Å². The Bertz CT molecular complexity index is 1070. The number of nitriles is 1. The molecule has 0 spiro atoms. The van der Waals surface area contributed by atoms with E-state index in [2.05, 4.69) is 31.4 Å². The molecule has 1 aliphatic heterocycles. The van der Waals surface area contributed by atoms with Crippen molar-refractivity contribution in [2.24, 2.45) is 5.73 Å². The van der Waals surface area contributed by atoms with Gasteiger partial charge in [0.1, 0.15) is 23.5 Å². The molecule has 2 atom stereocenters.